The number of nitrogens with zero attached hydrogens (tertiary/aromatic N) is 1. The number of nitro groups is 1. The van der Waals surface area contributed by atoms with Gasteiger partial charge in [-0.15, -0.1) is 0 Å². The summed E-state index contributed by atoms with van der Waals surface area (Å²) in [6.07, 6.45) is 2.99. The third-order valence-corrected chi connectivity index (χ3v) is 2.95. The molecule has 0 aliphatic heterocycles. The smallest absolute Gasteiger partial charge is 0.312 e. The largest absolute Gasteiger partial charge is 0.487 e. The van der Waals surface area contributed by atoms with Crippen molar-refractivity contribution in [1.82, 2.24) is 0 Å². The van der Waals surface area contributed by atoms with Crippen molar-refractivity contribution in [1.29, 1.82) is 0 Å². The maximum absolute atomic E-state index is 10.8. The van der Waals surface area contributed by atoms with E-state index < -0.39 is 4.92 Å². The number of benzene rings is 1. The molecule has 0 amide bonds. The van der Waals surface area contributed by atoms with Crippen molar-refractivity contribution in [3.8, 4) is 5.75 Å². The fourth-order valence-corrected chi connectivity index (χ4v) is 1.87. The summed E-state index contributed by atoms with van der Waals surface area (Å²) in [5, 5.41) is 12.1. The van der Waals surface area contributed by atoms with E-state index in [-0.39, 0.29) is 11.4 Å². The molecule has 1 aromatic rings. The highest BCUT2D eigenvalue weighted by atomic mass is 79.9. The zero-order valence-corrected chi connectivity index (χ0v) is 11.5. The average Bonchev–Trinajstić information content (AvgIpc) is 2.30. The minimum Gasteiger partial charge on any atom is -0.487 e. The highest BCUT2D eigenvalue weighted by Gasteiger charge is 2.15. The summed E-state index contributed by atoms with van der Waals surface area (Å²) in [6.45, 7) is 0.482. The number of unbranched alkanes of at least 4 members (excludes halogenated alkanes) is 2. The average molecular weight is 323 g/mol. The van der Waals surface area contributed by atoms with E-state index in [0.29, 0.717) is 11.6 Å². The van der Waals surface area contributed by atoms with E-state index in [4.69, 9.17) is 16.3 Å². The van der Waals surface area contributed by atoms with Crippen LogP contribution < -0.4 is 4.74 Å². The van der Waals surface area contributed by atoms with E-state index in [0.717, 1.165) is 24.6 Å². The molecule has 0 unspecified atom stereocenters. The van der Waals surface area contributed by atoms with E-state index >= 15 is 0 Å². The summed E-state index contributed by atoms with van der Waals surface area (Å²) in [7, 11) is 0. The fourth-order valence-electron chi connectivity index (χ4n) is 1.31. The van der Waals surface area contributed by atoms with Crippen molar-refractivity contribution in [3.63, 3.8) is 0 Å². The Morgan fingerprint density at radius 3 is 2.76 bits per heavy atom. The Kier molecular flexibility index (Phi) is 6.29. The maximum atomic E-state index is 10.8. The van der Waals surface area contributed by atoms with Gasteiger partial charge in [-0.2, -0.15) is 0 Å². The Labute approximate surface area is 113 Å². The summed E-state index contributed by atoms with van der Waals surface area (Å²) in [4.78, 5) is 10.3. The van der Waals surface area contributed by atoms with Crippen molar-refractivity contribution in [2.75, 3.05) is 11.9 Å². The van der Waals surface area contributed by atoms with Gasteiger partial charge in [0.05, 0.1) is 11.5 Å². The zero-order chi connectivity index (χ0) is 12.7. The Bertz CT molecular complexity index is 387. The molecule has 0 radical (unpaired) electrons. The zero-order valence-electron chi connectivity index (χ0n) is 9.20. The molecule has 6 heteroatoms. The van der Waals surface area contributed by atoms with Gasteiger partial charge >= 0.3 is 5.69 Å². The standard InChI is InChI=1S/C11H13BrClNO3/c12-6-2-1-3-7-17-11-5-4-9(13)8-10(11)14(15)16/h4-5,8H,1-3,6-7H2. The summed E-state index contributed by atoms with van der Waals surface area (Å²) in [5.41, 5.74) is -0.0852. The van der Waals surface area contributed by atoms with Crippen LogP contribution in [0.5, 0.6) is 5.75 Å². The Balaban J connectivity index is 2.55. The quantitative estimate of drug-likeness (QED) is 0.327. The number of alkyl halides is 1. The molecule has 0 fully saturated rings. The van der Waals surface area contributed by atoms with E-state index in [9.17, 15) is 10.1 Å². The van der Waals surface area contributed by atoms with Gasteiger partial charge in [-0.05, 0) is 31.4 Å². The maximum Gasteiger partial charge on any atom is 0.312 e. The number of nitro benzene ring substituents is 1. The lowest BCUT2D eigenvalue weighted by atomic mass is 10.2. The van der Waals surface area contributed by atoms with Gasteiger partial charge in [-0.25, -0.2) is 0 Å². The van der Waals surface area contributed by atoms with Crippen LogP contribution in [0, 0.1) is 10.1 Å². The van der Waals surface area contributed by atoms with Crippen molar-refractivity contribution >= 4 is 33.2 Å². The third-order valence-electron chi connectivity index (χ3n) is 2.15. The van der Waals surface area contributed by atoms with Gasteiger partial charge in [-0.3, -0.25) is 10.1 Å². The van der Waals surface area contributed by atoms with E-state index in [1.54, 1.807) is 6.07 Å². The summed E-state index contributed by atoms with van der Waals surface area (Å²) in [6, 6.07) is 4.42. The van der Waals surface area contributed by atoms with Crippen LogP contribution in [0.1, 0.15) is 19.3 Å². The summed E-state index contributed by atoms with van der Waals surface area (Å²) in [5.74, 6) is 0.276. The molecule has 0 aromatic heterocycles. The number of halogens is 2. The summed E-state index contributed by atoms with van der Waals surface area (Å²) < 4.78 is 5.38. The molecule has 0 spiro atoms. The minimum absolute atomic E-state index is 0.0852. The van der Waals surface area contributed by atoms with E-state index in [1.807, 2.05) is 0 Å². The molecule has 0 N–H and O–H groups in total. The Morgan fingerprint density at radius 1 is 1.35 bits per heavy atom. The van der Waals surface area contributed by atoms with Gasteiger partial charge in [-0.1, -0.05) is 27.5 Å². The Morgan fingerprint density at radius 2 is 2.12 bits per heavy atom. The predicted molar refractivity (Wildman–Crippen MR) is 71.2 cm³/mol. The van der Waals surface area contributed by atoms with Crippen LogP contribution in [0.4, 0.5) is 5.69 Å². The highest BCUT2D eigenvalue weighted by Crippen LogP contribution is 2.29. The molecule has 4 nitrogen and oxygen atoms in total. The van der Waals surface area contributed by atoms with E-state index in [2.05, 4.69) is 15.9 Å². The fraction of sp³-hybridized carbons (Fsp3) is 0.455. The van der Waals surface area contributed by atoms with Crippen LogP contribution in [-0.2, 0) is 0 Å². The van der Waals surface area contributed by atoms with Crippen LogP contribution in [0.3, 0.4) is 0 Å². The van der Waals surface area contributed by atoms with Gasteiger partial charge in [0.2, 0.25) is 0 Å². The molecule has 1 rings (SSSR count). The molecule has 17 heavy (non-hydrogen) atoms. The highest BCUT2D eigenvalue weighted by molar-refractivity contribution is 9.09. The second-order valence-corrected chi connectivity index (χ2v) is 4.70. The van der Waals surface area contributed by atoms with Crippen LogP contribution in [0.15, 0.2) is 18.2 Å². The first-order valence-electron chi connectivity index (χ1n) is 5.28. The molecule has 0 aliphatic carbocycles. The first-order valence-corrected chi connectivity index (χ1v) is 6.78. The molecule has 1 aromatic carbocycles. The molecule has 0 atom stereocenters. The lowest BCUT2D eigenvalue weighted by Crippen LogP contribution is -2.00. The van der Waals surface area contributed by atoms with Crippen molar-refractivity contribution in [2.24, 2.45) is 0 Å². The van der Waals surface area contributed by atoms with Crippen LogP contribution in [0.25, 0.3) is 0 Å². The number of ether oxygens (including phenoxy) is 1. The predicted octanol–water partition coefficient (Wildman–Crippen LogP) is 4.19. The Hall–Kier alpha value is -0.810. The lowest BCUT2D eigenvalue weighted by Gasteiger charge is -2.06. The molecule has 0 aliphatic rings. The van der Waals surface area contributed by atoms with Crippen molar-refractivity contribution in [3.05, 3.63) is 33.3 Å². The SMILES string of the molecule is O=[N+]([O-])c1cc(Cl)ccc1OCCCCCBr. The monoisotopic (exact) mass is 321 g/mol. The van der Waals surface area contributed by atoms with Crippen molar-refractivity contribution in [2.45, 2.75) is 19.3 Å². The topological polar surface area (TPSA) is 52.4 Å². The normalized spacial score (nSPS) is 10.2. The molecule has 94 valence electrons. The van der Waals surface area contributed by atoms with E-state index in [1.165, 1.54) is 12.1 Å². The van der Waals surface area contributed by atoms with Crippen LogP contribution in [0.2, 0.25) is 5.02 Å². The van der Waals surface area contributed by atoms with Gasteiger partial charge in [0, 0.05) is 16.4 Å². The first kappa shape index (κ1) is 14.3. The number of hydrogen-bond donors (Lipinski definition) is 0. The van der Waals surface area contributed by atoms with Gasteiger partial charge in [0.1, 0.15) is 0 Å². The second kappa shape index (κ2) is 7.50. The first-order chi connectivity index (χ1) is 8.15. The molecule has 0 bridgehead atoms. The minimum atomic E-state index is -0.486. The third kappa shape index (κ3) is 4.91. The lowest BCUT2D eigenvalue weighted by molar-refractivity contribution is -0.385. The molecular weight excluding hydrogens is 309 g/mol. The summed E-state index contributed by atoms with van der Waals surface area (Å²) >= 11 is 9.04. The van der Waals surface area contributed by atoms with Crippen LogP contribution >= 0.6 is 27.5 Å². The molecule has 0 saturated carbocycles. The number of hydrogen-bond acceptors (Lipinski definition) is 3. The van der Waals surface area contributed by atoms with Gasteiger partial charge < -0.3 is 4.74 Å². The van der Waals surface area contributed by atoms with Gasteiger partial charge in [0.25, 0.3) is 0 Å². The van der Waals surface area contributed by atoms with Crippen LogP contribution in [-0.4, -0.2) is 16.9 Å². The molecular formula is C11H13BrClNO3. The second-order valence-electron chi connectivity index (χ2n) is 3.47. The number of rotatable bonds is 7. The molecule has 0 heterocycles. The molecule has 0 saturated heterocycles. The van der Waals surface area contributed by atoms with Gasteiger partial charge in [0.15, 0.2) is 5.75 Å². The van der Waals surface area contributed by atoms with Crippen molar-refractivity contribution < 1.29 is 9.66 Å².